The Hall–Kier alpha value is -2.89. The lowest BCUT2D eigenvalue weighted by atomic mass is 9.93. The molecule has 5 nitrogen and oxygen atoms in total. The summed E-state index contributed by atoms with van der Waals surface area (Å²) in [6.45, 7) is 5.83. The van der Waals surface area contributed by atoms with Crippen LogP contribution < -0.4 is 10.1 Å². The second kappa shape index (κ2) is 14.0. The van der Waals surface area contributed by atoms with Crippen LogP contribution in [0.25, 0.3) is 22.4 Å². The molecule has 1 amide bonds. The van der Waals surface area contributed by atoms with Gasteiger partial charge in [0.05, 0.1) is 17.3 Å². The molecule has 2 aromatic carbocycles. The van der Waals surface area contributed by atoms with E-state index in [0.717, 1.165) is 73.9 Å². The van der Waals surface area contributed by atoms with Gasteiger partial charge >= 0.3 is 0 Å². The van der Waals surface area contributed by atoms with Crippen LogP contribution in [0.2, 0.25) is 5.02 Å². The Labute approximate surface area is 238 Å². The Morgan fingerprint density at radius 1 is 1.05 bits per heavy atom. The SMILES string of the molecule is CCCc1ccc(C)c(-c2ccc(C(=O)NC3CCCCC3)nc2-c2ccc(Cl)c(OCCCN(C)C)c2)c1. The van der Waals surface area contributed by atoms with E-state index in [1.54, 1.807) is 0 Å². The summed E-state index contributed by atoms with van der Waals surface area (Å²) in [5.74, 6) is 0.523. The number of carbonyl (C=O) groups is 1. The van der Waals surface area contributed by atoms with E-state index in [4.69, 9.17) is 21.3 Å². The van der Waals surface area contributed by atoms with Crippen LogP contribution in [0.3, 0.4) is 0 Å². The van der Waals surface area contributed by atoms with Crippen molar-refractivity contribution in [2.24, 2.45) is 0 Å². The zero-order valence-electron chi connectivity index (χ0n) is 23.9. The molecule has 1 aliphatic carbocycles. The molecule has 0 spiro atoms. The first-order valence-electron chi connectivity index (χ1n) is 14.3. The Bertz CT molecular complexity index is 1270. The number of carbonyl (C=O) groups excluding carboxylic acids is 1. The van der Waals surface area contributed by atoms with Crippen molar-refractivity contribution in [3.8, 4) is 28.1 Å². The number of pyridine rings is 1. The summed E-state index contributed by atoms with van der Waals surface area (Å²) in [5.41, 5.74) is 6.68. The van der Waals surface area contributed by atoms with Crippen molar-refractivity contribution < 1.29 is 9.53 Å². The summed E-state index contributed by atoms with van der Waals surface area (Å²) in [6.07, 6.45) is 8.64. The van der Waals surface area contributed by atoms with Gasteiger partial charge in [-0.2, -0.15) is 0 Å². The summed E-state index contributed by atoms with van der Waals surface area (Å²) >= 11 is 6.53. The van der Waals surface area contributed by atoms with Gasteiger partial charge in [-0.15, -0.1) is 0 Å². The molecular weight excluding hydrogens is 506 g/mol. The lowest BCUT2D eigenvalue weighted by molar-refractivity contribution is 0.0923. The molecule has 4 rings (SSSR count). The molecule has 1 N–H and O–H groups in total. The van der Waals surface area contributed by atoms with Gasteiger partial charge in [-0.05, 0) is 87.7 Å². The van der Waals surface area contributed by atoms with E-state index in [0.29, 0.717) is 23.1 Å². The molecule has 1 heterocycles. The van der Waals surface area contributed by atoms with Gasteiger partial charge in [0, 0.05) is 23.7 Å². The lowest BCUT2D eigenvalue weighted by Gasteiger charge is -2.23. The van der Waals surface area contributed by atoms with Crippen molar-refractivity contribution in [2.75, 3.05) is 27.2 Å². The minimum atomic E-state index is -0.111. The number of hydrogen-bond acceptors (Lipinski definition) is 4. The van der Waals surface area contributed by atoms with Gasteiger partial charge in [-0.1, -0.05) is 68.5 Å². The van der Waals surface area contributed by atoms with Crippen LogP contribution >= 0.6 is 11.6 Å². The summed E-state index contributed by atoms with van der Waals surface area (Å²) < 4.78 is 6.08. The number of ether oxygens (including phenoxy) is 1. The largest absolute Gasteiger partial charge is 0.492 e. The lowest BCUT2D eigenvalue weighted by Crippen LogP contribution is -2.36. The van der Waals surface area contributed by atoms with E-state index in [2.05, 4.69) is 56.4 Å². The average Bonchev–Trinajstić information content (AvgIpc) is 2.93. The van der Waals surface area contributed by atoms with Gasteiger partial charge in [0.25, 0.3) is 5.91 Å². The van der Waals surface area contributed by atoms with Gasteiger partial charge in [-0.25, -0.2) is 4.98 Å². The smallest absolute Gasteiger partial charge is 0.270 e. The Kier molecular flexibility index (Phi) is 10.4. The maximum absolute atomic E-state index is 13.3. The maximum atomic E-state index is 13.3. The molecular formula is C33H42ClN3O2. The van der Waals surface area contributed by atoms with Crippen molar-refractivity contribution in [1.29, 1.82) is 0 Å². The van der Waals surface area contributed by atoms with Gasteiger partial charge in [0.2, 0.25) is 0 Å². The van der Waals surface area contributed by atoms with E-state index < -0.39 is 0 Å². The minimum Gasteiger partial charge on any atom is -0.492 e. The zero-order chi connectivity index (χ0) is 27.8. The molecule has 1 fully saturated rings. The van der Waals surface area contributed by atoms with E-state index in [1.165, 1.54) is 17.5 Å². The Morgan fingerprint density at radius 3 is 2.59 bits per heavy atom. The third-order valence-electron chi connectivity index (χ3n) is 7.41. The quantitative estimate of drug-likeness (QED) is 0.250. The first-order valence-corrected chi connectivity index (χ1v) is 14.7. The summed E-state index contributed by atoms with van der Waals surface area (Å²) in [7, 11) is 4.10. The minimum absolute atomic E-state index is 0.111. The van der Waals surface area contributed by atoms with Crippen molar-refractivity contribution in [3.63, 3.8) is 0 Å². The number of amides is 1. The van der Waals surface area contributed by atoms with Crippen LogP contribution in [0, 0.1) is 6.92 Å². The fourth-order valence-corrected chi connectivity index (χ4v) is 5.43. The number of rotatable bonds is 11. The fraction of sp³-hybridized carbons (Fsp3) is 0.455. The normalized spacial score (nSPS) is 14.0. The first-order chi connectivity index (χ1) is 18.9. The van der Waals surface area contributed by atoms with E-state index >= 15 is 0 Å². The number of nitrogens with one attached hydrogen (secondary N) is 1. The van der Waals surface area contributed by atoms with Crippen LogP contribution in [0.5, 0.6) is 5.75 Å². The number of aromatic nitrogens is 1. The molecule has 208 valence electrons. The molecule has 1 aliphatic rings. The molecule has 0 saturated heterocycles. The number of nitrogens with zero attached hydrogens (tertiary/aromatic N) is 2. The summed E-state index contributed by atoms with van der Waals surface area (Å²) in [6, 6.07) is 16.5. The van der Waals surface area contributed by atoms with Crippen molar-refractivity contribution in [1.82, 2.24) is 15.2 Å². The predicted octanol–water partition coefficient (Wildman–Crippen LogP) is 7.72. The maximum Gasteiger partial charge on any atom is 0.270 e. The van der Waals surface area contributed by atoms with Crippen LogP contribution in [-0.4, -0.2) is 49.1 Å². The molecule has 0 unspecified atom stereocenters. The standard InChI is InChI=1S/C33H42ClN3O2/c1-5-10-24-14-13-23(2)28(21-24)27-16-18-30(33(38)35-26-11-7-6-8-12-26)36-32(27)25-15-17-29(34)31(22-25)39-20-9-19-37(3)4/h13-18,21-22,26H,5-12,19-20H2,1-4H3,(H,35,38). The number of aryl methyl sites for hydroxylation is 2. The van der Waals surface area contributed by atoms with Gasteiger partial charge in [0.1, 0.15) is 11.4 Å². The van der Waals surface area contributed by atoms with Crippen LogP contribution in [0.15, 0.2) is 48.5 Å². The Morgan fingerprint density at radius 2 is 1.85 bits per heavy atom. The third kappa shape index (κ3) is 7.83. The molecule has 0 radical (unpaired) electrons. The van der Waals surface area contributed by atoms with Crippen LogP contribution in [0.1, 0.15) is 73.5 Å². The Balaban J connectivity index is 1.73. The fourth-order valence-electron chi connectivity index (χ4n) is 5.26. The second-order valence-corrected chi connectivity index (χ2v) is 11.4. The van der Waals surface area contributed by atoms with Crippen molar-refractivity contribution in [3.05, 3.63) is 70.4 Å². The first kappa shape index (κ1) is 29.1. The summed E-state index contributed by atoms with van der Waals surface area (Å²) in [4.78, 5) is 20.4. The molecule has 0 aliphatic heterocycles. The highest BCUT2D eigenvalue weighted by atomic mass is 35.5. The zero-order valence-corrected chi connectivity index (χ0v) is 24.6. The van der Waals surface area contributed by atoms with Gasteiger partial charge in [-0.3, -0.25) is 4.79 Å². The highest BCUT2D eigenvalue weighted by molar-refractivity contribution is 6.32. The monoisotopic (exact) mass is 547 g/mol. The topological polar surface area (TPSA) is 54.5 Å². The predicted molar refractivity (Wildman–Crippen MR) is 162 cm³/mol. The van der Waals surface area contributed by atoms with E-state index in [-0.39, 0.29) is 11.9 Å². The molecule has 0 bridgehead atoms. The summed E-state index contributed by atoms with van der Waals surface area (Å²) in [5, 5.41) is 3.79. The third-order valence-corrected chi connectivity index (χ3v) is 7.72. The van der Waals surface area contributed by atoms with Gasteiger partial charge in [0.15, 0.2) is 0 Å². The number of hydrogen-bond donors (Lipinski definition) is 1. The van der Waals surface area contributed by atoms with Crippen LogP contribution in [-0.2, 0) is 6.42 Å². The van der Waals surface area contributed by atoms with Gasteiger partial charge < -0.3 is 15.0 Å². The number of benzene rings is 2. The molecule has 1 aromatic heterocycles. The highest BCUT2D eigenvalue weighted by Gasteiger charge is 2.20. The average molecular weight is 548 g/mol. The molecule has 6 heteroatoms. The second-order valence-electron chi connectivity index (χ2n) is 11.0. The highest BCUT2D eigenvalue weighted by Crippen LogP contribution is 2.37. The molecule has 39 heavy (non-hydrogen) atoms. The molecule has 0 atom stereocenters. The molecule has 3 aromatic rings. The van der Waals surface area contributed by atoms with Crippen molar-refractivity contribution in [2.45, 2.75) is 71.3 Å². The number of halogens is 1. The molecule has 1 saturated carbocycles. The van der Waals surface area contributed by atoms with Crippen molar-refractivity contribution >= 4 is 17.5 Å². The van der Waals surface area contributed by atoms with E-state index in [9.17, 15) is 4.79 Å². The van der Waals surface area contributed by atoms with E-state index in [1.807, 2.05) is 30.3 Å². The van der Waals surface area contributed by atoms with Crippen LogP contribution in [0.4, 0.5) is 0 Å².